The largest absolute Gasteiger partial charge is 0.456 e. The quantitative estimate of drug-likeness (QED) is 0.0747. The highest BCUT2D eigenvalue weighted by Crippen LogP contribution is 2.39. The summed E-state index contributed by atoms with van der Waals surface area (Å²) in [7, 11) is 0. The molecule has 0 heterocycles. The Morgan fingerprint density at radius 2 is 0.377 bits per heavy atom. The summed E-state index contributed by atoms with van der Waals surface area (Å²) in [6.45, 7) is 0. The fourth-order valence-corrected chi connectivity index (χ4v) is 8.61. The van der Waals surface area contributed by atoms with Crippen molar-refractivity contribution < 1.29 is 4.74 Å². The summed E-state index contributed by atoms with van der Waals surface area (Å²) in [5.74, 6) is 2.10. The standard InChI is InChI=1S/C60H58O/c1-7-19-47(20-8-1)31-33-53-43-55(39-35-49-23-11-3-12-24-49)59(56(44-53)40-36-50-25-13-4-14-26-50)61-60-57(41-37-51-27-15-5-16-28-51)45-54(34-32-48-21-9-2-10-22-48)46-58(60)42-38-52-29-17-6-18-30-52/h1-30,43-46H,31-42H2. The molecule has 8 aromatic rings. The van der Waals surface area contributed by atoms with E-state index in [1.807, 2.05) is 0 Å². The van der Waals surface area contributed by atoms with Crippen LogP contribution in [0.3, 0.4) is 0 Å². The molecule has 0 unspecified atom stereocenters. The maximum Gasteiger partial charge on any atom is 0.133 e. The summed E-state index contributed by atoms with van der Waals surface area (Å²) >= 11 is 0. The molecule has 1 nitrogen and oxygen atoms in total. The Kier molecular flexibility index (Phi) is 14.7. The van der Waals surface area contributed by atoms with Crippen LogP contribution in [0.4, 0.5) is 0 Å². The first-order chi connectivity index (χ1) is 30.2. The zero-order chi connectivity index (χ0) is 41.3. The highest BCUT2D eigenvalue weighted by atomic mass is 16.5. The molecule has 0 radical (unpaired) electrons. The third-order valence-corrected chi connectivity index (χ3v) is 12.0. The zero-order valence-corrected chi connectivity index (χ0v) is 35.5. The van der Waals surface area contributed by atoms with Crippen LogP contribution in [-0.2, 0) is 77.0 Å². The van der Waals surface area contributed by atoms with Crippen molar-refractivity contribution in [3.8, 4) is 11.5 Å². The first kappa shape index (κ1) is 41.3. The van der Waals surface area contributed by atoms with Crippen LogP contribution in [0.1, 0.15) is 66.8 Å². The molecule has 0 fully saturated rings. The molecule has 304 valence electrons. The summed E-state index contributed by atoms with van der Waals surface area (Å²) in [6, 6.07) is 75.5. The maximum absolute atomic E-state index is 7.69. The molecule has 0 atom stereocenters. The van der Waals surface area contributed by atoms with E-state index in [9.17, 15) is 0 Å². The predicted molar refractivity (Wildman–Crippen MR) is 256 cm³/mol. The molecular formula is C60H58O. The SMILES string of the molecule is c1ccc(CCc2cc(CCc3ccccc3)c(Oc3c(CCc4ccccc4)cc(CCc4ccccc4)cc3CCc3ccccc3)c(CCc3ccccc3)c2)cc1. The lowest BCUT2D eigenvalue weighted by Crippen LogP contribution is -2.08. The number of rotatable bonds is 20. The van der Waals surface area contributed by atoms with E-state index in [4.69, 9.17) is 4.74 Å². The van der Waals surface area contributed by atoms with Crippen molar-refractivity contribution in [3.05, 3.63) is 273 Å². The topological polar surface area (TPSA) is 9.23 Å². The smallest absolute Gasteiger partial charge is 0.133 e. The second-order valence-corrected chi connectivity index (χ2v) is 16.5. The minimum Gasteiger partial charge on any atom is -0.456 e. The maximum atomic E-state index is 7.69. The van der Waals surface area contributed by atoms with Gasteiger partial charge in [-0.15, -0.1) is 0 Å². The lowest BCUT2D eigenvalue weighted by atomic mass is 9.91. The second kappa shape index (κ2) is 21.7. The molecule has 0 aromatic heterocycles. The van der Waals surface area contributed by atoms with Crippen molar-refractivity contribution in [2.75, 3.05) is 0 Å². The molecule has 0 aliphatic carbocycles. The van der Waals surface area contributed by atoms with Crippen molar-refractivity contribution in [2.45, 2.75) is 77.0 Å². The average molecular weight is 795 g/mol. The molecule has 0 aliphatic rings. The van der Waals surface area contributed by atoms with Crippen LogP contribution < -0.4 is 4.74 Å². The van der Waals surface area contributed by atoms with Crippen LogP contribution in [0.2, 0.25) is 0 Å². The van der Waals surface area contributed by atoms with Crippen molar-refractivity contribution in [1.82, 2.24) is 0 Å². The lowest BCUT2D eigenvalue weighted by molar-refractivity contribution is 0.456. The summed E-state index contributed by atoms with van der Waals surface area (Å²) < 4.78 is 7.69. The van der Waals surface area contributed by atoms with E-state index in [0.717, 1.165) is 88.5 Å². The van der Waals surface area contributed by atoms with Crippen molar-refractivity contribution in [3.63, 3.8) is 0 Å². The van der Waals surface area contributed by atoms with E-state index >= 15 is 0 Å². The van der Waals surface area contributed by atoms with Crippen LogP contribution in [0.5, 0.6) is 11.5 Å². The number of benzene rings is 8. The molecule has 0 aliphatic heterocycles. The predicted octanol–water partition coefficient (Wildman–Crippen LogP) is 14.2. The fraction of sp³-hybridized carbons (Fsp3) is 0.200. The van der Waals surface area contributed by atoms with Gasteiger partial charge in [0.15, 0.2) is 0 Å². The van der Waals surface area contributed by atoms with Crippen LogP contribution in [0, 0.1) is 0 Å². The number of aryl methyl sites for hydroxylation is 12. The van der Waals surface area contributed by atoms with E-state index < -0.39 is 0 Å². The molecule has 0 saturated carbocycles. The molecule has 8 aromatic carbocycles. The Balaban J connectivity index is 1.23. The number of hydrogen-bond donors (Lipinski definition) is 0. The van der Waals surface area contributed by atoms with Crippen LogP contribution in [-0.4, -0.2) is 0 Å². The average Bonchev–Trinajstić information content (AvgIpc) is 3.33. The highest BCUT2D eigenvalue weighted by molar-refractivity contribution is 5.53. The molecule has 1 heteroatoms. The number of ether oxygens (including phenoxy) is 1. The molecule has 61 heavy (non-hydrogen) atoms. The van der Waals surface area contributed by atoms with Gasteiger partial charge in [-0.25, -0.2) is 0 Å². The monoisotopic (exact) mass is 794 g/mol. The normalized spacial score (nSPS) is 11.1. The van der Waals surface area contributed by atoms with Crippen LogP contribution in [0.15, 0.2) is 206 Å². The van der Waals surface area contributed by atoms with E-state index in [1.54, 1.807) is 0 Å². The lowest BCUT2D eigenvalue weighted by Gasteiger charge is -2.23. The van der Waals surface area contributed by atoms with Gasteiger partial charge >= 0.3 is 0 Å². The zero-order valence-electron chi connectivity index (χ0n) is 35.5. The first-order valence-electron chi connectivity index (χ1n) is 22.4. The first-order valence-corrected chi connectivity index (χ1v) is 22.4. The van der Waals surface area contributed by atoms with Gasteiger partial charge in [-0.2, -0.15) is 0 Å². The molecule has 0 spiro atoms. The van der Waals surface area contributed by atoms with Gasteiger partial charge in [0.05, 0.1) is 0 Å². The molecule has 0 N–H and O–H groups in total. The van der Waals surface area contributed by atoms with Gasteiger partial charge in [-0.05, 0) is 144 Å². The molecular weight excluding hydrogens is 737 g/mol. The Bertz CT molecular complexity index is 2200. The Morgan fingerprint density at radius 3 is 0.590 bits per heavy atom. The Hall–Kier alpha value is -6.44. The fourth-order valence-electron chi connectivity index (χ4n) is 8.61. The van der Waals surface area contributed by atoms with Crippen molar-refractivity contribution in [1.29, 1.82) is 0 Å². The third-order valence-electron chi connectivity index (χ3n) is 12.0. The Labute approximate surface area is 364 Å². The van der Waals surface area contributed by atoms with Crippen molar-refractivity contribution in [2.24, 2.45) is 0 Å². The van der Waals surface area contributed by atoms with Gasteiger partial charge in [0.25, 0.3) is 0 Å². The van der Waals surface area contributed by atoms with Gasteiger partial charge in [-0.1, -0.05) is 206 Å². The molecule has 0 saturated heterocycles. The van der Waals surface area contributed by atoms with E-state index in [-0.39, 0.29) is 0 Å². The molecule has 8 rings (SSSR count). The minimum atomic E-state index is 0.907. The summed E-state index contributed by atoms with van der Waals surface area (Å²) in [6.07, 6.45) is 11.4. The van der Waals surface area contributed by atoms with Crippen LogP contribution in [0.25, 0.3) is 0 Å². The van der Waals surface area contributed by atoms with Gasteiger partial charge < -0.3 is 4.74 Å². The second-order valence-electron chi connectivity index (χ2n) is 16.5. The highest BCUT2D eigenvalue weighted by Gasteiger charge is 2.20. The van der Waals surface area contributed by atoms with E-state index in [2.05, 4.69) is 206 Å². The molecule has 0 amide bonds. The van der Waals surface area contributed by atoms with Gasteiger partial charge in [0.2, 0.25) is 0 Å². The molecule has 0 bridgehead atoms. The van der Waals surface area contributed by atoms with E-state index in [1.165, 1.54) is 66.8 Å². The Morgan fingerprint density at radius 1 is 0.197 bits per heavy atom. The van der Waals surface area contributed by atoms with Gasteiger partial charge in [-0.3, -0.25) is 0 Å². The van der Waals surface area contributed by atoms with Crippen molar-refractivity contribution >= 4 is 0 Å². The van der Waals surface area contributed by atoms with E-state index in [0.29, 0.717) is 0 Å². The van der Waals surface area contributed by atoms with Crippen LogP contribution >= 0.6 is 0 Å². The van der Waals surface area contributed by atoms with Gasteiger partial charge in [0.1, 0.15) is 11.5 Å². The third kappa shape index (κ3) is 12.3. The van der Waals surface area contributed by atoms with Gasteiger partial charge in [0, 0.05) is 0 Å². The summed E-state index contributed by atoms with van der Waals surface area (Å²) in [5.41, 5.74) is 16.1. The minimum absolute atomic E-state index is 0.907. The summed E-state index contributed by atoms with van der Waals surface area (Å²) in [5, 5.41) is 0. The number of hydrogen-bond acceptors (Lipinski definition) is 1. The summed E-state index contributed by atoms with van der Waals surface area (Å²) in [4.78, 5) is 0.